The average molecular weight is 360 g/mol. The quantitative estimate of drug-likeness (QED) is 0.834. The van der Waals surface area contributed by atoms with Crippen molar-refractivity contribution < 1.29 is 14.3 Å². The Labute approximate surface area is 154 Å². The number of anilines is 1. The van der Waals surface area contributed by atoms with E-state index < -0.39 is 5.79 Å². The molecule has 0 radical (unpaired) electrons. The Hall–Kier alpha value is -1.73. The summed E-state index contributed by atoms with van der Waals surface area (Å²) in [6, 6.07) is 2.08. The van der Waals surface area contributed by atoms with Gasteiger partial charge in [0.1, 0.15) is 17.8 Å². The predicted octanol–water partition coefficient (Wildman–Crippen LogP) is 2.27. The summed E-state index contributed by atoms with van der Waals surface area (Å²) in [5.41, 5.74) is 0.452. The molecule has 1 aliphatic carbocycles. The monoisotopic (exact) mass is 360 g/mol. The highest BCUT2D eigenvalue weighted by molar-refractivity contribution is 5.93. The summed E-state index contributed by atoms with van der Waals surface area (Å²) < 4.78 is 11.6. The van der Waals surface area contributed by atoms with Crippen LogP contribution in [0.5, 0.6) is 0 Å². The van der Waals surface area contributed by atoms with E-state index in [0.717, 1.165) is 44.6 Å². The Kier molecular flexibility index (Phi) is 5.36. The van der Waals surface area contributed by atoms with Gasteiger partial charge in [-0.2, -0.15) is 0 Å². The summed E-state index contributed by atoms with van der Waals surface area (Å²) in [5.74, 6) is 0.318. The summed E-state index contributed by atoms with van der Waals surface area (Å²) >= 11 is 0. The van der Waals surface area contributed by atoms with Gasteiger partial charge in [-0.15, -0.1) is 0 Å². The maximum absolute atomic E-state index is 12.6. The molecule has 3 aliphatic rings. The lowest BCUT2D eigenvalue weighted by Crippen LogP contribution is -2.45. The van der Waals surface area contributed by atoms with Gasteiger partial charge in [0.25, 0.3) is 5.91 Å². The van der Waals surface area contributed by atoms with Gasteiger partial charge >= 0.3 is 0 Å². The van der Waals surface area contributed by atoms with Crippen LogP contribution in [0.2, 0.25) is 0 Å². The molecule has 7 nitrogen and oxygen atoms in total. The number of aromatic nitrogens is 2. The second kappa shape index (κ2) is 7.88. The van der Waals surface area contributed by atoms with Crippen LogP contribution in [0.4, 0.5) is 5.82 Å². The molecular weight excluding hydrogens is 332 g/mol. The molecule has 0 bridgehead atoms. The van der Waals surface area contributed by atoms with Crippen molar-refractivity contribution >= 4 is 11.7 Å². The fourth-order valence-corrected chi connectivity index (χ4v) is 4.19. The molecule has 7 heteroatoms. The summed E-state index contributed by atoms with van der Waals surface area (Å²) in [4.78, 5) is 23.4. The normalized spacial score (nSPS) is 23.8. The van der Waals surface area contributed by atoms with Crippen LogP contribution < -0.4 is 10.2 Å². The first-order valence-corrected chi connectivity index (χ1v) is 9.90. The molecule has 0 atom stereocenters. The lowest BCUT2D eigenvalue weighted by Gasteiger charge is -2.38. The van der Waals surface area contributed by atoms with Gasteiger partial charge in [0.05, 0.1) is 13.2 Å². The number of carbonyl (C=O) groups is 1. The topological polar surface area (TPSA) is 76.6 Å². The van der Waals surface area contributed by atoms with Crippen LogP contribution in [0.25, 0.3) is 0 Å². The second-order valence-corrected chi connectivity index (χ2v) is 7.52. The van der Waals surface area contributed by atoms with Gasteiger partial charge in [-0.05, 0) is 12.8 Å². The summed E-state index contributed by atoms with van der Waals surface area (Å²) in [7, 11) is 0. The van der Waals surface area contributed by atoms with Crippen LogP contribution in [0.3, 0.4) is 0 Å². The van der Waals surface area contributed by atoms with Crippen molar-refractivity contribution in [2.75, 3.05) is 31.2 Å². The van der Waals surface area contributed by atoms with Gasteiger partial charge < -0.3 is 19.7 Å². The van der Waals surface area contributed by atoms with E-state index in [0.29, 0.717) is 18.9 Å². The third-order valence-corrected chi connectivity index (χ3v) is 5.74. The minimum absolute atomic E-state index is 0.0866. The van der Waals surface area contributed by atoms with Crippen LogP contribution in [0, 0.1) is 0 Å². The Morgan fingerprint density at radius 1 is 1.08 bits per heavy atom. The van der Waals surface area contributed by atoms with Crippen LogP contribution in [0.1, 0.15) is 61.9 Å². The van der Waals surface area contributed by atoms with Crippen molar-refractivity contribution in [1.82, 2.24) is 15.3 Å². The van der Waals surface area contributed by atoms with Crippen LogP contribution in [0.15, 0.2) is 12.4 Å². The third kappa shape index (κ3) is 3.99. The van der Waals surface area contributed by atoms with Crippen molar-refractivity contribution in [3.05, 3.63) is 18.1 Å². The van der Waals surface area contributed by atoms with E-state index in [9.17, 15) is 4.79 Å². The van der Waals surface area contributed by atoms with Gasteiger partial charge in [0.2, 0.25) is 0 Å². The Morgan fingerprint density at radius 3 is 2.46 bits per heavy atom. The van der Waals surface area contributed by atoms with Crippen molar-refractivity contribution in [3.63, 3.8) is 0 Å². The summed E-state index contributed by atoms with van der Waals surface area (Å²) in [6.45, 7) is 2.97. The molecule has 1 aromatic heterocycles. The highest BCUT2D eigenvalue weighted by atomic mass is 16.7. The predicted molar refractivity (Wildman–Crippen MR) is 97.1 cm³/mol. The molecule has 1 N–H and O–H groups in total. The van der Waals surface area contributed by atoms with Crippen LogP contribution in [-0.2, 0) is 9.47 Å². The molecule has 1 spiro atoms. The highest BCUT2D eigenvalue weighted by Crippen LogP contribution is 2.32. The maximum Gasteiger partial charge on any atom is 0.270 e. The van der Waals surface area contributed by atoms with Crippen molar-refractivity contribution in [1.29, 1.82) is 0 Å². The summed E-state index contributed by atoms with van der Waals surface area (Å²) in [6.07, 6.45) is 10.2. The number of carbonyl (C=O) groups excluding carboxylic acids is 1. The molecule has 2 saturated heterocycles. The molecule has 3 heterocycles. The number of nitrogens with zero attached hydrogens (tertiary/aromatic N) is 3. The second-order valence-electron chi connectivity index (χ2n) is 7.52. The van der Waals surface area contributed by atoms with E-state index in [-0.39, 0.29) is 11.9 Å². The van der Waals surface area contributed by atoms with E-state index in [1.54, 1.807) is 6.07 Å². The Balaban J connectivity index is 1.37. The minimum atomic E-state index is -0.400. The number of nitrogens with one attached hydrogen (secondary N) is 1. The molecule has 1 aromatic rings. The zero-order valence-corrected chi connectivity index (χ0v) is 15.3. The van der Waals surface area contributed by atoms with Gasteiger partial charge in [0, 0.05) is 38.0 Å². The minimum Gasteiger partial charge on any atom is -0.356 e. The molecule has 0 unspecified atom stereocenters. The van der Waals surface area contributed by atoms with Crippen molar-refractivity contribution in [3.8, 4) is 0 Å². The lowest BCUT2D eigenvalue weighted by atomic mass is 10.0. The molecule has 26 heavy (non-hydrogen) atoms. The fraction of sp³-hybridized carbons (Fsp3) is 0.737. The lowest BCUT2D eigenvalue weighted by molar-refractivity contribution is -0.169. The van der Waals surface area contributed by atoms with Gasteiger partial charge in [-0.1, -0.05) is 25.7 Å². The molecular formula is C19H28N4O3. The van der Waals surface area contributed by atoms with Gasteiger partial charge in [-0.25, -0.2) is 9.97 Å². The Bertz CT molecular complexity index is 615. The standard InChI is InChI=1S/C19H28N4O3/c24-18(22-15-5-3-1-2-4-6-15)16-13-17(21-14-20-16)23-9-7-19(8-10-23)25-11-12-26-19/h13-15H,1-12H2,(H,22,24). The smallest absolute Gasteiger partial charge is 0.270 e. The average Bonchev–Trinajstić information content (AvgIpc) is 2.97. The van der Waals surface area contributed by atoms with Crippen molar-refractivity contribution in [2.24, 2.45) is 0 Å². The van der Waals surface area contributed by atoms with E-state index in [2.05, 4.69) is 20.2 Å². The highest BCUT2D eigenvalue weighted by Gasteiger charge is 2.40. The molecule has 2 aliphatic heterocycles. The first-order chi connectivity index (χ1) is 12.7. The maximum atomic E-state index is 12.6. The molecule has 3 fully saturated rings. The van der Waals surface area contributed by atoms with Crippen molar-refractivity contribution in [2.45, 2.75) is 63.2 Å². The number of ether oxygens (including phenoxy) is 2. The third-order valence-electron chi connectivity index (χ3n) is 5.74. The number of piperidine rings is 1. The molecule has 1 amide bonds. The van der Waals surface area contributed by atoms with Crippen LogP contribution >= 0.6 is 0 Å². The fourth-order valence-electron chi connectivity index (χ4n) is 4.19. The molecule has 142 valence electrons. The van der Waals surface area contributed by atoms with E-state index >= 15 is 0 Å². The van der Waals surface area contributed by atoms with E-state index in [1.165, 1.54) is 32.0 Å². The number of hydrogen-bond donors (Lipinski definition) is 1. The summed E-state index contributed by atoms with van der Waals surface area (Å²) in [5, 5.41) is 3.16. The molecule has 1 saturated carbocycles. The van der Waals surface area contributed by atoms with Crippen LogP contribution in [-0.4, -0.2) is 54.0 Å². The molecule has 0 aromatic carbocycles. The zero-order valence-electron chi connectivity index (χ0n) is 15.3. The van der Waals surface area contributed by atoms with E-state index in [4.69, 9.17) is 9.47 Å². The number of amides is 1. The first-order valence-electron chi connectivity index (χ1n) is 9.90. The van der Waals surface area contributed by atoms with Gasteiger partial charge in [0.15, 0.2) is 5.79 Å². The Morgan fingerprint density at radius 2 is 1.77 bits per heavy atom. The zero-order chi connectivity index (χ0) is 17.8. The first kappa shape index (κ1) is 17.7. The number of rotatable bonds is 3. The largest absolute Gasteiger partial charge is 0.356 e. The number of hydrogen-bond acceptors (Lipinski definition) is 6. The molecule has 4 rings (SSSR count). The van der Waals surface area contributed by atoms with E-state index in [1.807, 2.05) is 0 Å². The SMILES string of the molecule is O=C(NC1CCCCCC1)c1cc(N2CCC3(CC2)OCCO3)ncn1. The van der Waals surface area contributed by atoms with Gasteiger partial charge in [-0.3, -0.25) is 4.79 Å².